The number of benzene rings is 1. The van der Waals surface area contributed by atoms with Crippen LogP contribution in [0.5, 0.6) is 0 Å². The molecule has 1 aromatic rings. The average Bonchev–Trinajstić information content (AvgIpc) is 2.49. The molecular formula is C14H20N2OS. The van der Waals surface area contributed by atoms with E-state index in [1.807, 2.05) is 0 Å². The molecule has 2 saturated heterocycles. The van der Waals surface area contributed by atoms with Gasteiger partial charge in [-0.1, -0.05) is 6.07 Å². The molecule has 4 heteroatoms. The average molecular weight is 264 g/mol. The number of thioether (sulfide) groups is 1. The Morgan fingerprint density at radius 2 is 1.50 bits per heavy atom. The third-order valence-corrected chi connectivity index (χ3v) is 4.52. The van der Waals surface area contributed by atoms with Crippen molar-refractivity contribution in [1.29, 1.82) is 0 Å². The summed E-state index contributed by atoms with van der Waals surface area (Å²) in [5.41, 5.74) is 2.72. The minimum Gasteiger partial charge on any atom is -0.378 e. The Labute approximate surface area is 113 Å². The molecule has 98 valence electrons. The molecule has 0 spiro atoms. The highest BCUT2D eigenvalue weighted by Gasteiger charge is 2.14. The first kappa shape index (κ1) is 12.2. The molecule has 0 atom stereocenters. The van der Waals surface area contributed by atoms with Crippen LogP contribution in [0.1, 0.15) is 0 Å². The fourth-order valence-electron chi connectivity index (χ4n) is 2.53. The van der Waals surface area contributed by atoms with Gasteiger partial charge in [0.1, 0.15) is 0 Å². The number of ether oxygens (including phenoxy) is 1. The molecule has 0 saturated carbocycles. The van der Waals surface area contributed by atoms with Gasteiger partial charge < -0.3 is 14.5 Å². The van der Waals surface area contributed by atoms with E-state index in [4.69, 9.17) is 4.74 Å². The van der Waals surface area contributed by atoms with Crippen molar-refractivity contribution in [2.24, 2.45) is 0 Å². The molecule has 0 N–H and O–H groups in total. The molecular weight excluding hydrogens is 244 g/mol. The Kier molecular flexibility index (Phi) is 3.96. The Bertz CT molecular complexity index is 354. The van der Waals surface area contributed by atoms with Gasteiger partial charge in [0.2, 0.25) is 0 Å². The zero-order valence-electron chi connectivity index (χ0n) is 10.7. The topological polar surface area (TPSA) is 15.7 Å². The Balaban J connectivity index is 1.75. The van der Waals surface area contributed by atoms with Crippen molar-refractivity contribution < 1.29 is 4.74 Å². The zero-order valence-corrected chi connectivity index (χ0v) is 11.5. The SMILES string of the molecule is c1cc(N2CCOCC2)cc(N2CCSCC2)c1. The second-order valence-electron chi connectivity index (χ2n) is 4.72. The van der Waals surface area contributed by atoms with Crippen molar-refractivity contribution in [3.63, 3.8) is 0 Å². The zero-order chi connectivity index (χ0) is 12.2. The summed E-state index contributed by atoms with van der Waals surface area (Å²) in [6.07, 6.45) is 0. The van der Waals surface area contributed by atoms with E-state index in [-0.39, 0.29) is 0 Å². The maximum Gasteiger partial charge on any atom is 0.0642 e. The van der Waals surface area contributed by atoms with Gasteiger partial charge in [-0.15, -0.1) is 0 Å². The molecule has 2 aliphatic heterocycles. The van der Waals surface area contributed by atoms with Gasteiger partial charge in [-0.3, -0.25) is 0 Å². The molecule has 2 heterocycles. The molecule has 0 unspecified atom stereocenters. The Morgan fingerprint density at radius 3 is 2.17 bits per heavy atom. The van der Waals surface area contributed by atoms with Gasteiger partial charge in [0.25, 0.3) is 0 Å². The highest BCUT2D eigenvalue weighted by molar-refractivity contribution is 7.99. The van der Waals surface area contributed by atoms with E-state index in [9.17, 15) is 0 Å². The minimum atomic E-state index is 0.852. The Hall–Kier alpha value is -0.870. The lowest BCUT2D eigenvalue weighted by atomic mass is 10.2. The number of hydrogen-bond donors (Lipinski definition) is 0. The number of hydrogen-bond acceptors (Lipinski definition) is 4. The fraction of sp³-hybridized carbons (Fsp3) is 0.571. The third-order valence-electron chi connectivity index (χ3n) is 3.58. The van der Waals surface area contributed by atoms with E-state index in [1.165, 1.54) is 36.0 Å². The maximum absolute atomic E-state index is 5.41. The molecule has 0 aliphatic carbocycles. The molecule has 2 fully saturated rings. The van der Waals surface area contributed by atoms with Crippen LogP contribution in [-0.2, 0) is 4.74 Å². The van der Waals surface area contributed by atoms with Gasteiger partial charge in [-0.25, -0.2) is 0 Å². The number of anilines is 2. The van der Waals surface area contributed by atoms with Crippen molar-refractivity contribution in [3.8, 4) is 0 Å². The van der Waals surface area contributed by atoms with Crippen LogP contribution < -0.4 is 9.80 Å². The predicted octanol–water partition coefficient (Wildman–Crippen LogP) is 2.08. The first-order chi connectivity index (χ1) is 8.93. The molecule has 3 rings (SSSR count). The largest absolute Gasteiger partial charge is 0.378 e. The molecule has 0 radical (unpaired) electrons. The van der Waals surface area contributed by atoms with E-state index >= 15 is 0 Å². The molecule has 18 heavy (non-hydrogen) atoms. The molecule has 2 aliphatic rings. The van der Waals surface area contributed by atoms with Gasteiger partial charge >= 0.3 is 0 Å². The number of morpholine rings is 1. The minimum absolute atomic E-state index is 0.852. The predicted molar refractivity (Wildman–Crippen MR) is 79.0 cm³/mol. The third kappa shape index (κ3) is 2.75. The van der Waals surface area contributed by atoms with Crippen molar-refractivity contribution in [1.82, 2.24) is 0 Å². The number of rotatable bonds is 2. The van der Waals surface area contributed by atoms with Gasteiger partial charge in [-0.2, -0.15) is 11.8 Å². The first-order valence-electron chi connectivity index (χ1n) is 6.69. The van der Waals surface area contributed by atoms with Crippen LogP contribution in [-0.4, -0.2) is 50.9 Å². The summed E-state index contributed by atoms with van der Waals surface area (Å²) >= 11 is 2.06. The first-order valence-corrected chi connectivity index (χ1v) is 7.84. The van der Waals surface area contributed by atoms with Gasteiger partial charge in [0, 0.05) is 49.1 Å². The summed E-state index contributed by atoms with van der Waals surface area (Å²) in [4.78, 5) is 4.92. The van der Waals surface area contributed by atoms with Crippen molar-refractivity contribution in [3.05, 3.63) is 24.3 Å². The summed E-state index contributed by atoms with van der Waals surface area (Å²) in [6, 6.07) is 8.97. The molecule has 0 amide bonds. The van der Waals surface area contributed by atoms with Crippen LogP contribution >= 0.6 is 11.8 Å². The quantitative estimate of drug-likeness (QED) is 0.812. The van der Waals surface area contributed by atoms with E-state index in [0.717, 1.165) is 26.3 Å². The van der Waals surface area contributed by atoms with E-state index in [1.54, 1.807) is 0 Å². The van der Waals surface area contributed by atoms with Crippen LogP contribution in [0.2, 0.25) is 0 Å². The highest BCUT2D eigenvalue weighted by Crippen LogP contribution is 2.25. The maximum atomic E-state index is 5.41. The summed E-state index contributed by atoms with van der Waals surface area (Å²) < 4.78 is 5.41. The van der Waals surface area contributed by atoms with Crippen LogP contribution in [0.4, 0.5) is 11.4 Å². The van der Waals surface area contributed by atoms with Crippen molar-refractivity contribution in [2.75, 3.05) is 60.7 Å². The van der Waals surface area contributed by atoms with E-state index in [0.29, 0.717) is 0 Å². The standard InChI is InChI=1S/C14H20N2OS/c1-2-13(15-4-8-17-9-5-15)12-14(3-1)16-6-10-18-11-7-16/h1-3,12H,4-11H2. The fourth-order valence-corrected chi connectivity index (χ4v) is 3.43. The lowest BCUT2D eigenvalue weighted by molar-refractivity contribution is 0.122. The summed E-state index contributed by atoms with van der Waals surface area (Å²) in [7, 11) is 0. The summed E-state index contributed by atoms with van der Waals surface area (Å²) in [5, 5.41) is 0. The van der Waals surface area contributed by atoms with Crippen LogP contribution in [0.15, 0.2) is 24.3 Å². The summed E-state index contributed by atoms with van der Waals surface area (Å²) in [6.45, 7) is 6.09. The van der Waals surface area contributed by atoms with Gasteiger partial charge in [0.05, 0.1) is 13.2 Å². The molecule has 0 bridgehead atoms. The Morgan fingerprint density at radius 1 is 0.889 bits per heavy atom. The molecule has 0 aromatic heterocycles. The van der Waals surface area contributed by atoms with Crippen LogP contribution in [0.25, 0.3) is 0 Å². The van der Waals surface area contributed by atoms with E-state index < -0.39 is 0 Å². The smallest absolute Gasteiger partial charge is 0.0642 e. The molecule has 3 nitrogen and oxygen atoms in total. The second-order valence-corrected chi connectivity index (χ2v) is 5.94. The van der Waals surface area contributed by atoms with Crippen molar-refractivity contribution >= 4 is 23.1 Å². The summed E-state index contributed by atoms with van der Waals surface area (Å²) in [5.74, 6) is 2.50. The van der Waals surface area contributed by atoms with Crippen LogP contribution in [0.3, 0.4) is 0 Å². The second kappa shape index (κ2) is 5.85. The molecule has 1 aromatic carbocycles. The van der Waals surface area contributed by atoms with Gasteiger partial charge in [-0.05, 0) is 18.2 Å². The number of nitrogens with zero attached hydrogens (tertiary/aromatic N) is 2. The lowest BCUT2D eigenvalue weighted by Gasteiger charge is -2.32. The highest BCUT2D eigenvalue weighted by atomic mass is 32.2. The van der Waals surface area contributed by atoms with Crippen LogP contribution in [0, 0.1) is 0 Å². The normalized spacial score (nSPS) is 21.1. The van der Waals surface area contributed by atoms with Crippen molar-refractivity contribution in [2.45, 2.75) is 0 Å². The lowest BCUT2D eigenvalue weighted by Crippen LogP contribution is -2.36. The van der Waals surface area contributed by atoms with E-state index in [2.05, 4.69) is 45.8 Å². The monoisotopic (exact) mass is 264 g/mol. The van der Waals surface area contributed by atoms with Gasteiger partial charge in [0.15, 0.2) is 0 Å².